The van der Waals surface area contributed by atoms with Crippen LogP contribution < -0.4 is 5.32 Å². The van der Waals surface area contributed by atoms with Crippen LogP contribution in [0.15, 0.2) is 18.6 Å². The van der Waals surface area contributed by atoms with Gasteiger partial charge in [0.25, 0.3) is 0 Å². The largest absolute Gasteiger partial charge is 0.393 e. The molecule has 0 saturated carbocycles. The number of aliphatic hydroxyl groups is 1. The summed E-state index contributed by atoms with van der Waals surface area (Å²) in [5, 5.41) is 12.1. The van der Waals surface area contributed by atoms with Crippen LogP contribution in [0, 0.1) is 0 Å². The van der Waals surface area contributed by atoms with Crippen molar-refractivity contribution in [1.82, 2.24) is 9.97 Å². The Morgan fingerprint density at radius 3 is 3.00 bits per heavy atom. The highest BCUT2D eigenvalue weighted by Crippen LogP contribution is 1.99. The standard InChI is InChI=1S/C9H15N3O/c1-8(13)3-2-4-11-9-7-10-5-6-12-9/h5-8,13H,2-4H2,1H3,(H,11,12). The van der Waals surface area contributed by atoms with Gasteiger partial charge >= 0.3 is 0 Å². The lowest BCUT2D eigenvalue weighted by Gasteiger charge is -2.05. The van der Waals surface area contributed by atoms with Crippen LogP contribution in [0.1, 0.15) is 19.8 Å². The number of rotatable bonds is 5. The van der Waals surface area contributed by atoms with Crippen molar-refractivity contribution in [2.24, 2.45) is 0 Å². The summed E-state index contributed by atoms with van der Waals surface area (Å²) in [6.07, 6.45) is 6.51. The van der Waals surface area contributed by atoms with Crippen molar-refractivity contribution in [3.8, 4) is 0 Å². The van der Waals surface area contributed by atoms with Crippen LogP contribution in [0.5, 0.6) is 0 Å². The van der Waals surface area contributed by atoms with E-state index in [0.717, 1.165) is 25.2 Å². The number of nitrogens with one attached hydrogen (secondary N) is 1. The Labute approximate surface area is 78.0 Å². The zero-order chi connectivity index (χ0) is 9.52. The van der Waals surface area contributed by atoms with E-state index >= 15 is 0 Å². The molecule has 2 N–H and O–H groups in total. The van der Waals surface area contributed by atoms with E-state index in [1.165, 1.54) is 0 Å². The molecule has 1 rings (SSSR count). The number of aliphatic hydroxyl groups excluding tert-OH is 1. The topological polar surface area (TPSA) is 58.0 Å². The summed E-state index contributed by atoms with van der Waals surface area (Å²) in [6.45, 7) is 2.62. The van der Waals surface area contributed by atoms with Gasteiger partial charge < -0.3 is 10.4 Å². The molecule has 0 bridgehead atoms. The van der Waals surface area contributed by atoms with E-state index < -0.39 is 0 Å². The minimum atomic E-state index is -0.219. The average molecular weight is 181 g/mol. The van der Waals surface area contributed by atoms with E-state index in [4.69, 9.17) is 5.11 Å². The number of hydrogen-bond acceptors (Lipinski definition) is 4. The molecule has 0 fully saturated rings. The van der Waals surface area contributed by atoms with Gasteiger partial charge in [0.2, 0.25) is 0 Å². The van der Waals surface area contributed by atoms with Gasteiger partial charge in [-0.2, -0.15) is 0 Å². The first-order valence-corrected chi connectivity index (χ1v) is 4.47. The average Bonchev–Trinajstić information content (AvgIpc) is 2.14. The summed E-state index contributed by atoms with van der Waals surface area (Å²) >= 11 is 0. The molecular weight excluding hydrogens is 166 g/mol. The molecule has 4 heteroatoms. The minimum absolute atomic E-state index is 0.219. The van der Waals surface area contributed by atoms with Gasteiger partial charge in [-0.1, -0.05) is 0 Å². The summed E-state index contributed by atoms with van der Waals surface area (Å²) in [6, 6.07) is 0. The molecule has 0 aliphatic heterocycles. The second-order valence-electron chi connectivity index (χ2n) is 3.01. The molecule has 0 aliphatic rings. The third-order valence-corrected chi connectivity index (χ3v) is 1.67. The van der Waals surface area contributed by atoms with Crippen molar-refractivity contribution in [1.29, 1.82) is 0 Å². The Bertz CT molecular complexity index is 226. The first kappa shape index (κ1) is 9.92. The quantitative estimate of drug-likeness (QED) is 0.667. The summed E-state index contributed by atoms with van der Waals surface area (Å²) in [5.41, 5.74) is 0. The Balaban J connectivity index is 2.13. The second kappa shape index (κ2) is 5.48. The monoisotopic (exact) mass is 181 g/mol. The van der Waals surface area contributed by atoms with Gasteiger partial charge in [-0.15, -0.1) is 0 Å². The molecule has 1 aromatic rings. The summed E-state index contributed by atoms with van der Waals surface area (Å²) in [5.74, 6) is 0.785. The Kier molecular flexibility index (Phi) is 4.18. The maximum Gasteiger partial charge on any atom is 0.144 e. The molecule has 72 valence electrons. The lowest BCUT2D eigenvalue weighted by molar-refractivity contribution is 0.183. The predicted octanol–water partition coefficient (Wildman–Crippen LogP) is 1.05. The molecule has 0 amide bonds. The smallest absolute Gasteiger partial charge is 0.144 e. The number of hydrogen-bond donors (Lipinski definition) is 2. The SMILES string of the molecule is CC(O)CCCNc1cnccn1. The number of anilines is 1. The Morgan fingerprint density at radius 2 is 2.38 bits per heavy atom. The zero-order valence-electron chi connectivity index (χ0n) is 7.77. The molecule has 13 heavy (non-hydrogen) atoms. The molecule has 1 unspecified atom stereocenters. The molecule has 1 aromatic heterocycles. The van der Waals surface area contributed by atoms with Crippen molar-refractivity contribution in [2.75, 3.05) is 11.9 Å². The highest BCUT2D eigenvalue weighted by atomic mass is 16.3. The maximum absolute atomic E-state index is 8.99. The number of aromatic nitrogens is 2. The lowest BCUT2D eigenvalue weighted by atomic mass is 10.2. The van der Waals surface area contributed by atoms with Gasteiger partial charge in [0.1, 0.15) is 5.82 Å². The van der Waals surface area contributed by atoms with Crippen LogP contribution in [0.4, 0.5) is 5.82 Å². The molecule has 0 radical (unpaired) electrons. The van der Waals surface area contributed by atoms with Gasteiger partial charge in [0, 0.05) is 18.9 Å². The predicted molar refractivity (Wildman–Crippen MR) is 51.4 cm³/mol. The van der Waals surface area contributed by atoms with E-state index in [-0.39, 0.29) is 6.10 Å². The minimum Gasteiger partial charge on any atom is -0.393 e. The highest BCUT2D eigenvalue weighted by Gasteiger charge is 1.95. The van der Waals surface area contributed by atoms with E-state index in [9.17, 15) is 0 Å². The van der Waals surface area contributed by atoms with Crippen molar-refractivity contribution in [2.45, 2.75) is 25.9 Å². The number of nitrogens with zero attached hydrogens (tertiary/aromatic N) is 2. The van der Waals surface area contributed by atoms with E-state index in [0.29, 0.717) is 0 Å². The van der Waals surface area contributed by atoms with Crippen LogP contribution in [-0.2, 0) is 0 Å². The van der Waals surface area contributed by atoms with Crippen LogP contribution in [-0.4, -0.2) is 27.7 Å². The molecule has 1 atom stereocenters. The van der Waals surface area contributed by atoms with Crippen molar-refractivity contribution < 1.29 is 5.11 Å². The van der Waals surface area contributed by atoms with Crippen molar-refractivity contribution >= 4 is 5.82 Å². The summed E-state index contributed by atoms with van der Waals surface area (Å²) in [7, 11) is 0. The molecule has 0 aliphatic carbocycles. The molecule has 0 saturated heterocycles. The normalized spacial score (nSPS) is 12.5. The van der Waals surface area contributed by atoms with Crippen LogP contribution in [0.2, 0.25) is 0 Å². The van der Waals surface area contributed by atoms with Gasteiger partial charge in [-0.25, -0.2) is 4.98 Å². The van der Waals surface area contributed by atoms with Crippen molar-refractivity contribution in [3.05, 3.63) is 18.6 Å². The van der Waals surface area contributed by atoms with Crippen molar-refractivity contribution in [3.63, 3.8) is 0 Å². The summed E-state index contributed by atoms with van der Waals surface area (Å²) < 4.78 is 0. The van der Waals surface area contributed by atoms with E-state index in [2.05, 4.69) is 15.3 Å². The van der Waals surface area contributed by atoms with E-state index in [1.54, 1.807) is 25.5 Å². The molecule has 0 aromatic carbocycles. The van der Waals surface area contributed by atoms with Gasteiger partial charge in [-0.05, 0) is 19.8 Å². The molecular formula is C9H15N3O. The fourth-order valence-electron chi connectivity index (χ4n) is 1.00. The third-order valence-electron chi connectivity index (χ3n) is 1.67. The fourth-order valence-corrected chi connectivity index (χ4v) is 1.00. The van der Waals surface area contributed by atoms with Crippen LogP contribution in [0.3, 0.4) is 0 Å². The van der Waals surface area contributed by atoms with Crippen LogP contribution in [0.25, 0.3) is 0 Å². The Morgan fingerprint density at radius 1 is 1.54 bits per heavy atom. The second-order valence-corrected chi connectivity index (χ2v) is 3.01. The summed E-state index contributed by atoms with van der Waals surface area (Å²) in [4.78, 5) is 7.98. The van der Waals surface area contributed by atoms with Crippen LogP contribution >= 0.6 is 0 Å². The van der Waals surface area contributed by atoms with Gasteiger partial charge in [0.15, 0.2) is 0 Å². The highest BCUT2D eigenvalue weighted by molar-refractivity contribution is 5.29. The van der Waals surface area contributed by atoms with E-state index in [1.807, 2.05) is 0 Å². The zero-order valence-corrected chi connectivity index (χ0v) is 7.77. The fraction of sp³-hybridized carbons (Fsp3) is 0.556. The molecule has 4 nitrogen and oxygen atoms in total. The van der Waals surface area contributed by atoms with Gasteiger partial charge in [-0.3, -0.25) is 4.98 Å². The maximum atomic E-state index is 8.99. The van der Waals surface area contributed by atoms with Gasteiger partial charge in [0.05, 0.1) is 12.3 Å². The molecule has 0 spiro atoms. The molecule has 1 heterocycles. The lowest BCUT2D eigenvalue weighted by Crippen LogP contribution is -2.07. The first-order valence-electron chi connectivity index (χ1n) is 4.47. The Hall–Kier alpha value is -1.16. The third kappa shape index (κ3) is 4.42. The first-order chi connectivity index (χ1) is 6.29.